The summed E-state index contributed by atoms with van der Waals surface area (Å²) in [5, 5.41) is 2.54. The van der Waals surface area contributed by atoms with Crippen LogP contribution >= 0.6 is 11.6 Å². The highest BCUT2D eigenvalue weighted by atomic mass is 35.5. The van der Waals surface area contributed by atoms with Crippen LogP contribution in [-0.4, -0.2) is 26.3 Å². The molecule has 0 fully saturated rings. The fraction of sp³-hybridized carbons (Fsp3) is 0.500. The van der Waals surface area contributed by atoms with Crippen molar-refractivity contribution in [2.45, 2.75) is 32.1 Å². The standard InChI is InChI=1S/C12H18ClFN2O2S/c1-8(2)15-7-9(3)19(17,18)16-12-6-10(14)4-5-11(12)13/h4-6,8-9,15-16H,7H2,1-3H3. The van der Waals surface area contributed by atoms with Crippen LogP contribution in [0, 0.1) is 5.82 Å². The lowest BCUT2D eigenvalue weighted by Crippen LogP contribution is -2.37. The van der Waals surface area contributed by atoms with E-state index in [2.05, 4.69) is 10.0 Å². The second kappa shape index (κ2) is 6.54. The second-order valence-corrected chi connectivity index (χ2v) is 7.15. The number of hydrogen-bond acceptors (Lipinski definition) is 3. The molecule has 108 valence electrons. The van der Waals surface area contributed by atoms with Crippen LogP contribution in [0.5, 0.6) is 0 Å². The number of hydrogen-bond donors (Lipinski definition) is 2. The first-order valence-electron chi connectivity index (χ1n) is 5.92. The number of rotatable bonds is 6. The lowest BCUT2D eigenvalue weighted by Gasteiger charge is -2.17. The molecule has 1 rings (SSSR count). The van der Waals surface area contributed by atoms with Crippen LogP contribution in [-0.2, 0) is 10.0 Å². The summed E-state index contributed by atoms with van der Waals surface area (Å²) in [6, 6.07) is 3.73. The van der Waals surface area contributed by atoms with Gasteiger partial charge < -0.3 is 5.32 Å². The van der Waals surface area contributed by atoms with Gasteiger partial charge in [-0.3, -0.25) is 4.72 Å². The largest absolute Gasteiger partial charge is 0.313 e. The predicted molar refractivity (Wildman–Crippen MR) is 76.6 cm³/mol. The fourth-order valence-corrected chi connectivity index (χ4v) is 2.55. The summed E-state index contributed by atoms with van der Waals surface area (Å²) < 4.78 is 39.5. The monoisotopic (exact) mass is 308 g/mol. The summed E-state index contributed by atoms with van der Waals surface area (Å²) in [7, 11) is -3.61. The highest BCUT2D eigenvalue weighted by molar-refractivity contribution is 7.93. The van der Waals surface area contributed by atoms with E-state index in [4.69, 9.17) is 11.6 Å². The Morgan fingerprint density at radius 1 is 1.32 bits per heavy atom. The molecule has 0 heterocycles. The SMILES string of the molecule is CC(C)NCC(C)S(=O)(=O)Nc1cc(F)ccc1Cl. The predicted octanol–water partition coefficient (Wildman–Crippen LogP) is 2.61. The van der Waals surface area contributed by atoms with Gasteiger partial charge in [0, 0.05) is 12.6 Å². The molecule has 19 heavy (non-hydrogen) atoms. The summed E-state index contributed by atoms with van der Waals surface area (Å²) in [5.74, 6) is -0.546. The van der Waals surface area contributed by atoms with E-state index >= 15 is 0 Å². The Morgan fingerprint density at radius 3 is 2.53 bits per heavy atom. The first-order chi connectivity index (χ1) is 8.72. The molecule has 0 aliphatic heterocycles. The molecule has 0 saturated heterocycles. The van der Waals surface area contributed by atoms with Gasteiger partial charge in [0.25, 0.3) is 0 Å². The van der Waals surface area contributed by atoms with Crippen LogP contribution in [0.2, 0.25) is 5.02 Å². The molecule has 0 aromatic heterocycles. The Morgan fingerprint density at radius 2 is 1.95 bits per heavy atom. The Hall–Kier alpha value is -0.850. The summed E-state index contributed by atoms with van der Waals surface area (Å²) in [6.07, 6.45) is 0. The normalized spacial score (nSPS) is 13.6. The van der Waals surface area contributed by atoms with Crippen molar-refractivity contribution in [3.63, 3.8) is 0 Å². The zero-order chi connectivity index (χ0) is 14.6. The van der Waals surface area contributed by atoms with Gasteiger partial charge in [-0.1, -0.05) is 25.4 Å². The third kappa shape index (κ3) is 4.97. The number of halogens is 2. The van der Waals surface area contributed by atoms with Crippen molar-refractivity contribution in [3.8, 4) is 0 Å². The quantitative estimate of drug-likeness (QED) is 0.849. The van der Waals surface area contributed by atoms with E-state index in [9.17, 15) is 12.8 Å². The molecule has 0 aliphatic carbocycles. The van der Waals surface area contributed by atoms with Crippen LogP contribution in [0.15, 0.2) is 18.2 Å². The molecule has 0 aliphatic rings. The minimum absolute atomic E-state index is 0.0538. The number of anilines is 1. The van der Waals surface area contributed by atoms with Crippen molar-refractivity contribution in [2.75, 3.05) is 11.3 Å². The van der Waals surface area contributed by atoms with Crippen LogP contribution in [0.3, 0.4) is 0 Å². The van der Waals surface area contributed by atoms with Crippen molar-refractivity contribution >= 4 is 27.3 Å². The molecule has 7 heteroatoms. The summed E-state index contributed by atoms with van der Waals surface area (Å²) >= 11 is 5.83. The van der Waals surface area contributed by atoms with Gasteiger partial charge in [0.2, 0.25) is 10.0 Å². The zero-order valence-electron chi connectivity index (χ0n) is 11.1. The minimum Gasteiger partial charge on any atom is -0.313 e. The molecule has 0 spiro atoms. The lowest BCUT2D eigenvalue weighted by atomic mass is 10.3. The topological polar surface area (TPSA) is 58.2 Å². The van der Waals surface area contributed by atoms with Crippen LogP contribution in [0.4, 0.5) is 10.1 Å². The van der Waals surface area contributed by atoms with Crippen molar-refractivity contribution in [1.29, 1.82) is 0 Å². The average molecular weight is 309 g/mol. The molecule has 1 unspecified atom stereocenters. The van der Waals surface area contributed by atoms with E-state index < -0.39 is 21.1 Å². The number of nitrogens with one attached hydrogen (secondary N) is 2. The first-order valence-corrected chi connectivity index (χ1v) is 7.85. The Kier molecular flexibility index (Phi) is 5.58. The van der Waals surface area contributed by atoms with Gasteiger partial charge in [-0.25, -0.2) is 12.8 Å². The number of benzene rings is 1. The molecule has 0 bridgehead atoms. The van der Waals surface area contributed by atoms with Crippen LogP contribution < -0.4 is 10.0 Å². The van der Waals surface area contributed by atoms with Gasteiger partial charge >= 0.3 is 0 Å². The van der Waals surface area contributed by atoms with E-state index in [-0.39, 0.29) is 16.8 Å². The van der Waals surface area contributed by atoms with E-state index in [1.165, 1.54) is 12.1 Å². The minimum atomic E-state index is -3.61. The van der Waals surface area contributed by atoms with Gasteiger partial charge in [-0.15, -0.1) is 0 Å². The zero-order valence-corrected chi connectivity index (χ0v) is 12.6. The lowest BCUT2D eigenvalue weighted by molar-refractivity contribution is 0.553. The second-order valence-electron chi connectivity index (χ2n) is 4.64. The molecule has 0 radical (unpaired) electrons. The number of sulfonamides is 1. The molecule has 2 N–H and O–H groups in total. The van der Waals surface area contributed by atoms with Gasteiger partial charge in [0.15, 0.2) is 0 Å². The molecule has 4 nitrogen and oxygen atoms in total. The highest BCUT2D eigenvalue weighted by Gasteiger charge is 2.21. The third-order valence-corrected chi connectivity index (χ3v) is 4.58. The third-order valence-electron chi connectivity index (χ3n) is 2.52. The van der Waals surface area contributed by atoms with E-state index in [0.717, 1.165) is 6.07 Å². The Labute approximate surface area is 118 Å². The molecular formula is C12H18ClFN2O2S. The van der Waals surface area contributed by atoms with Crippen molar-refractivity contribution in [1.82, 2.24) is 5.32 Å². The Bertz CT molecular complexity index is 535. The summed E-state index contributed by atoms with van der Waals surface area (Å²) in [6.45, 7) is 5.73. The van der Waals surface area contributed by atoms with Gasteiger partial charge in [-0.2, -0.15) is 0 Å². The van der Waals surface area contributed by atoms with Crippen molar-refractivity contribution in [3.05, 3.63) is 29.0 Å². The van der Waals surface area contributed by atoms with Gasteiger partial charge in [0.05, 0.1) is 16.0 Å². The fourth-order valence-electron chi connectivity index (χ4n) is 1.34. The maximum absolute atomic E-state index is 13.1. The maximum Gasteiger partial charge on any atom is 0.236 e. The van der Waals surface area contributed by atoms with E-state index in [0.29, 0.717) is 6.54 Å². The molecule has 1 atom stereocenters. The molecule has 1 aromatic rings. The average Bonchev–Trinajstić information content (AvgIpc) is 2.30. The van der Waals surface area contributed by atoms with Crippen LogP contribution in [0.1, 0.15) is 20.8 Å². The van der Waals surface area contributed by atoms with E-state index in [1.54, 1.807) is 6.92 Å². The summed E-state index contributed by atoms with van der Waals surface area (Å²) in [5.41, 5.74) is 0.0538. The smallest absolute Gasteiger partial charge is 0.236 e. The van der Waals surface area contributed by atoms with Crippen molar-refractivity contribution < 1.29 is 12.8 Å². The van der Waals surface area contributed by atoms with Gasteiger partial charge in [0.1, 0.15) is 5.82 Å². The first kappa shape index (κ1) is 16.2. The maximum atomic E-state index is 13.1. The summed E-state index contributed by atoms with van der Waals surface area (Å²) in [4.78, 5) is 0. The molecular weight excluding hydrogens is 291 g/mol. The van der Waals surface area contributed by atoms with Crippen LogP contribution in [0.25, 0.3) is 0 Å². The van der Waals surface area contributed by atoms with Crippen molar-refractivity contribution in [2.24, 2.45) is 0 Å². The highest BCUT2D eigenvalue weighted by Crippen LogP contribution is 2.24. The molecule has 0 saturated carbocycles. The molecule has 1 aromatic carbocycles. The van der Waals surface area contributed by atoms with Gasteiger partial charge in [-0.05, 0) is 25.1 Å². The van der Waals surface area contributed by atoms with E-state index in [1.807, 2.05) is 13.8 Å². The Balaban J connectivity index is 2.81. The molecule has 0 amide bonds.